The number of hydrogen-bond acceptors (Lipinski definition) is 3. The van der Waals surface area contributed by atoms with Gasteiger partial charge in [-0.15, -0.1) is 0 Å². The van der Waals surface area contributed by atoms with Crippen LogP contribution in [0.3, 0.4) is 0 Å². The molecule has 5 nitrogen and oxygen atoms in total. The molecule has 0 spiro atoms. The second kappa shape index (κ2) is 8.27. The van der Waals surface area contributed by atoms with Crippen molar-refractivity contribution in [3.63, 3.8) is 0 Å². The number of amides is 2. The van der Waals surface area contributed by atoms with Gasteiger partial charge in [-0.05, 0) is 54.1 Å². The molecule has 2 N–H and O–H groups in total. The summed E-state index contributed by atoms with van der Waals surface area (Å²) < 4.78 is 0. The Bertz CT molecular complexity index is 895. The van der Waals surface area contributed by atoms with Gasteiger partial charge in [-0.25, -0.2) is 0 Å². The van der Waals surface area contributed by atoms with Gasteiger partial charge in [-0.3, -0.25) is 14.6 Å². The largest absolute Gasteiger partial charge is 0.348 e. The molecule has 0 radical (unpaired) electrons. The lowest BCUT2D eigenvalue weighted by atomic mass is 10.1. The van der Waals surface area contributed by atoms with E-state index in [9.17, 15) is 9.59 Å². The van der Waals surface area contributed by atoms with Crippen molar-refractivity contribution in [2.45, 2.75) is 6.54 Å². The molecule has 1 aromatic heterocycles. The summed E-state index contributed by atoms with van der Waals surface area (Å²) in [6.07, 6.45) is 3.12. The summed E-state index contributed by atoms with van der Waals surface area (Å²) in [7, 11) is 0. The standard InChI is InChI=1S/C20H16ClN3O2/c21-17-7-5-15(6-8-17)19(25)23-12-14-3-9-18(10-4-14)24-20(26)16-2-1-11-22-13-16/h1-11,13H,12H2,(H,23,25)(H,24,26). The van der Waals surface area contributed by atoms with Gasteiger partial charge in [-0.2, -0.15) is 0 Å². The highest BCUT2D eigenvalue weighted by Gasteiger charge is 2.07. The van der Waals surface area contributed by atoms with Crippen LogP contribution in [-0.2, 0) is 6.54 Å². The van der Waals surface area contributed by atoms with Crippen LogP contribution in [0.4, 0.5) is 5.69 Å². The van der Waals surface area contributed by atoms with Crippen molar-refractivity contribution in [3.05, 3.63) is 94.8 Å². The van der Waals surface area contributed by atoms with Crippen molar-refractivity contribution in [2.24, 2.45) is 0 Å². The fourth-order valence-corrected chi connectivity index (χ4v) is 2.42. The van der Waals surface area contributed by atoms with Crippen LogP contribution >= 0.6 is 11.6 Å². The predicted molar refractivity (Wildman–Crippen MR) is 101 cm³/mol. The Morgan fingerprint density at radius 2 is 1.62 bits per heavy atom. The van der Waals surface area contributed by atoms with E-state index in [0.717, 1.165) is 5.56 Å². The third kappa shape index (κ3) is 4.68. The Kier molecular flexibility index (Phi) is 5.61. The van der Waals surface area contributed by atoms with Crippen LogP contribution in [0, 0.1) is 0 Å². The molecular weight excluding hydrogens is 350 g/mol. The van der Waals surface area contributed by atoms with E-state index in [1.54, 1.807) is 54.7 Å². The van der Waals surface area contributed by atoms with Crippen LogP contribution < -0.4 is 10.6 Å². The fourth-order valence-electron chi connectivity index (χ4n) is 2.29. The van der Waals surface area contributed by atoms with Crippen molar-refractivity contribution in [2.75, 3.05) is 5.32 Å². The first-order valence-corrected chi connectivity index (χ1v) is 8.34. The van der Waals surface area contributed by atoms with Crippen molar-refractivity contribution in [3.8, 4) is 0 Å². The van der Waals surface area contributed by atoms with Crippen LogP contribution in [0.25, 0.3) is 0 Å². The number of aromatic nitrogens is 1. The molecule has 0 fully saturated rings. The Labute approximate surface area is 156 Å². The van der Waals surface area contributed by atoms with Crippen LogP contribution in [0.5, 0.6) is 0 Å². The lowest BCUT2D eigenvalue weighted by molar-refractivity contribution is 0.0950. The van der Waals surface area contributed by atoms with Crippen LogP contribution in [-0.4, -0.2) is 16.8 Å². The molecule has 2 amide bonds. The number of carbonyl (C=O) groups excluding carboxylic acids is 2. The molecule has 26 heavy (non-hydrogen) atoms. The Morgan fingerprint density at radius 3 is 2.27 bits per heavy atom. The number of rotatable bonds is 5. The van der Waals surface area contributed by atoms with Gasteiger partial charge in [0, 0.05) is 35.2 Å². The van der Waals surface area contributed by atoms with Gasteiger partial charge in [0.1, 0.15) is 0 Å². The average molecular weight is 366 g/mol. The number of hydrogen-bond donors (Lipinski definition) is 2. The first kappa shape index (κ1) is 17.6. The summed E-state index contributed by atoms with van der Waals surface area (Å²) in [5, 5.41) is 6.23. The first-order valence-electron chi connectivity index (χ1n) is 7.96. The minimum absolute atomic E-state index is 0.171. The molecule has 1 heterocycles. The molecule has 3 aromatic rings. The van der Waals surface area contributed by atoms with Crippen molar-refractivity contribution < 1.29 is 9.59 Å². The zero-order valence-corrected chi connectivity index (χ0v) is 14.5. The third-order valence-electron chi connectivity index (χ3n) is 3.70. The normalized spacial score (nSPS) is 10.2. The number of anilines is 1. The van der Waals surface area contributed by atoms with E-state index in [-0.39, 0.29) is 11.8 Å². The third-order valence-corrected chi connectivity index (χ3v) is 3.95. The molecule has 3 rings (SSSR count). The molecule has 0 bridgehead atoms. The van der Waals surface area contributed by atoms with Crippen molar-refractivity contribution in [1.29, 1.82) is 0 Å². The van der Waals surface area contributed by atoms with Crippen molar-refractivity contribution >= 4 is 29.1 Å². The SMILES string of the molecule is O=C(NCc1ccc(NC(=O)c2cccnc2)cc1)c1ccc(Cl)cc1. The minimum atomic E-state index is -0.220. The molecule has 0 atom stereocenters. The van der Waals surface area contributed by atoms with E-state index in [1.807, 2.05) is 12.1 Å². The zero-order chi connectivity index (χ0) is 18.4. The summed E-state index contributed by atoms with van der Waals surface area (Å²) >= 11 is 5.81. The maximum Gasteiger partial charge on any atom is 0.257 e. The Balaban J connectivity index is 1.55. The monoisotopic (exact) mass is 365 g/mol. The Hall–Kier alpha value is -3.18. The number of benzene rings is 2. The van der Waals surface area contributed by atoms with Crippen molar-refractivity contribution in [1.82, 2.24) is 10.3 Å². The summed E-state index contributed by atoms with van der Waals surface area (Å²) in [5.41, 5.74) is 2.64. The lowest BCUT2D eigenvalue weighted by Crippen LogP contribution is -2.22. The zero-order valence-electron chi connectivity index (χ0n) is 13.8. The van der Waals surface area contributed by atoms with Crippen LogP contribution in [0.1, 0.15) is 26.3 Å². The maximum atomic E-state index is 12.1. The van der Waals surface area contributed by atoms with E-state index >= 15 is 0 Å². The van der Waals surface area contributed by atoms with Gasteiger partial charge in [0.05, 0.1) is 5.56 Å². The number of halogens is 1. The highest BCUT2D eigenvalue weighted by atomic mass is 35.5. The summed E-state index contributed by atoms with van der Waals surface area (Å²) in [6.45, 7) is 0.387. The molecule has 0 aliphatic heterocycles. The second-order valence-electron chi connectivity index (χ2n) is 5.58. The van der Waals surface area contributed by atoms with Crippen LogP contribution in [0.15, 0.2) is 73.1 Å². The number of nitrogens with one attached hydrogen (secondary N) is 2. The summed E-state index contributed by atoms with van der Waals surface area (Å²) in [4.78, 5) is 28.1. The molecule has 0 unspecified atom stereocenters. The topological polar surface area (TPSA) is 71.1 Å². The lowest BCUT2D eigenvalue weighted by Gasteiger charge is -2.08. The molecule has 0 saturated carbocycles. The van der Waals surface area contributed by atoms with E-state index in [4.69, 9.17) is 11.6 Å². The maximum absolute atomic E-state index is 12.1. The smallest absolute Gasteiger partial charge is 0.257 e. The van der Waals surface area contributed by atoms with Gasteiger partial charge < -0.3 is 10.6 Å². The van der Waals surface area contributed by atoms with Gasteiger partial charge >= 0.3 is 0 Å². The molecule has 0 aliphatic rings. The second-order valence-corrected chi connectivity index (χ2v) is 6.02. The molecule has 0 saturated heterocycles. The number of pyridine rings is 1. The average Bonchev–Trinajstić information content (AvgIpc) is 2.68. The van der Waals surface area contributed by atoms with E-state index in [0.29, 0.717) is 28.4 Å². The van der Waals surface area contributed by atoms with Gasteiger partial charge in [0.25, 0.3) is 11.8 Å². The highest BCUT2D eigenvalue weighted by Crippen LogP contribution is 2.12. The Morgan fingerprint density at radius 1 is 0.885 bits per heavy atom. The molecular formula is C20H16ClN3O2. The summed E-state index contributed by atoms with van der Waals surface area (Å²) in [6, 6.07) is 17.4. The molecule has 0 aliphatic carbocycles. The predicted octanol–water partition coefficient (Wildman–Crippen LogP) is 3.92. The van der Waals surface area contributed by atoms with E-state index < -0.39 is 0 Å². The molecule has 2 aromatic carbocycles. The quantitative estimate of drug-likeness (QED) is 0.720. The number of carbonyl (C=O) groups is 2. The van der Waals surface area contributed by atoms with E-state index in [1.165, 1.54) is 6.20 Å². The molecule has 6 heteroatoms. The fraction of sp³-hybridized carbons (Fsp3) is 0.0500. The number of nitrogens with zero attached hydrogens (tertiary/aromatic N) is 1. The van der Waals surface area contributed by atoms with E-state index in [2.05, 4.69) is 15.6 Å². The minimum Gasteiger partial charge on any atom is -0.348 e. The summed E-state index contributed by atoms with van der Waals surface area (Å²) in [5.74, 6) is -0.391. The highest BCUT2D eigenvalue weighted by molar-refractivity contribution is 6.30. The van der Waals surface area contributed by atoms with Gasteiger partial charge in [0.2, 0.25) is 0 Å². The van der Waals surface area contributed by atoms with Crippen LogP contribution in [0.2, 0.25) is 5.02 Å². The van der Waals surface area contributed by atoms with Gasteiger partial charge in [0.15, 0.2) is 0 Å². The van der Waals surface area contributed by atoms with Gasteiger partial charge in [-0.1, -0.05) is 23.7 Å². The molecule has 130 valence electrons. The first-order chi connectivity index (χ1) is 12.6.